The molecule has 2 heterocycles. The van der Waals surface area contributed by atoms with Crippen molar-refractivity contribution >= 4 is 21.4 Å². The maximum atomic E-state index is 14.9. The number of amides is 1. The number of rotatable bonds is 7. The molecule has 1 aromatic carbocycles. The Labute approximate surface area is 210 Å². The predicted molar refractivity (Wildman–Crippen MR) is 136 cm³/mol. The number of dihydropyridines is 1. The van der Waals surface area contributed by atoms with Crippen molar-refractivity contribution in [1.29, 1.82) is 0 Å². The Morgan fingerprint density at radius 2 is 2.06 bits per heavy atom. The number of halogens is 1. The molecule has 1 unspecified atom stereocenters. The number of hydrogen-bond donors (Lipinski definition) is 2. The second kappa shape index (κ2) is 9.77. The molecule has 4 rings (SSSR count). The number of anilines is 1. The first-order chi connectivity index (χ1) is 17.0. The molecular weight excluding hydrogens is 483 g/mol. The van der Waals surface area contributed by atoms with Gasteiger partial charge in [-0.15, -0.1) is 0 Å². The molecular formula is C26H29FN4O4S. The van der Waals surface area contributed by atoms with Crippen LogP contribution in [-0.4, -0.2) is 35.9 Å². The Kier molecular flexibility index (Phi) is 6.90. The maximum absolute atomic E-state index is 14.9. The van der Waals surface area contributed by atoms with Gasteiger partial charge in [0.15, 0.2) is 21.4 Å². The van der Waals surface area contributed by atoms with E-state index in [1.807, 2.05) is 20.8 Å². The Hall–Kier alpha value is -3.66. The summed E-state index contributed by atoms with van der Waals surface area (Å²) in [5, 5.41) is 10.1. The number of carbonyl (C=O) groups excluding carboxylic acids is 1. The minimum Gasteiger partial charge on any atom is -0.454 e. The second-order valence-corrected chi connectivity index (χ2v) is 11.8. The minimum absolute atomic E-state index is 0.0243. The molecule has 36 heavy (non-hydrogen) atoms. The summed E-state index contributed by atoms with van der Waals surface area (Å²) in [5.74, 6) is -0.639. The number of allylic oxidation sites excluding steroid dienone is 2. The molecule has 1 atom stereocenters. The van der Waals surface area contributed by atoms with Crippen molar-refractivity contribution in [1.82, 2.24) is 15.1 Å². The van der Waals surface area contributed by atoms with Crippen LogP contribution >= 0.6 is 0 Å². The smallest absolute Gasteiger partial charge is 0.228 e. The summed E-state index contributed by atoms with van der Waals surface area (Å²) >= 11 is 0. The quantitative estimate of drug-likeness (QED) is 0.582. The fourth-order valence-electron chi connectivity index (χ4n) is 3.73. The Balaban J connectivity index is 1.48. The lowest BCUT2D eigenvalue weighted by Crippen LogP contribution is -2.30. The highest BCUT2D eigenvalue weighted by Crippen LogP contribution is 2.29. The van der Waals surface area contributed by atoms with Gasteiger partial charge in [-0.25, -0.2) is 12.8 Å². The third-order valence-electron chi connectivity index (χ3n) is 5.75. The monoisotopic (exact) mass is 512 g/mol. The predicted octanol–water partition coefficient (Wildman–Crippen LogP) is 3.97. The van der Waals surface area contributed by atoms with Gasteiger partial charge in [0, 0.05) is 18.0 Å². The highest BCUT2D eigenvalue weighted by Gasteiger charge is 2.25. The highest BCUT2D eigenvalue weighted by atomic mass is 32.2. The van der Waals surface area contributed by atoms with Crippen molar-refractivity contribution in [3.63, 3.8) is 0 Å². The van der Waals surface area contributed by atoms with E-state index in [4.69, 9.17) is 4.74 Å². The third-order valence-corrected chi connectivity index (χ3v) is 7.49. The molecule has 0 radical (unpaired) electrons. The first kappa shape index (κ1) is 25.4. The van der Waals surface area contributed by atoms with Crippen LogP contribution in [0.15, 0.2) is 77.3 Å². The molecule has 1 amide bonds. The molecule has 10 heteroatoms. The number of sulfone groups is 1. The molecule has 0 spiro atoms. The van der Waals surface area contributed by atoms with Crippen LogP contribution in [0.25, 0.3) is 0 Å². The van der Waals surface area contributed by atoms with Gasteiger partial charge in [-0.05, 0) is 56.7 Å². The van der Waals surface area contributed by atoms with E-state index in [1.54, 1.807) is 60.6 Å². The average molecular weight is 513 g/mol. The van der Waals surface area contributed by atoms with E-state index in [-0.39, 0.29) is 40.3 Å². The fourth-order valence-corrected chi connectivity index (χ4v) is 4.66. The van der Waals surface area contributed by atoms with Crippen LogP contribution in [0.1, 0.15) is 33.3 Å². The Morgan fingerprint density at radius 1 is 1.28 bits per heavy atom. The van der Waals surface area contributed by atoms with Crippen LogP contribution in [0, 0.1) is 5.82 Å². The number of ether oxygens (including phenoxy) is 1. The summed E-state index contributed by atoms with van der Waals surface area (Å²) in [7, 11) is -3.41. The summed E-state index contributed by atoms with van der Waals surface area (Å²) < 4.78 is 47.1. The molecule has 1 aliphatic heterocycles. The van der Waals surface area contributed by atoms with Gasteiger partial charge in [-0.2, -0.15) is 5.10 Å². The van der Waals surface area contributed by atoms with Gasteiger partial charge < -0.3 is 15.4 Å². The number of nitrogens with one attached hydrogen (secondary N) is 2. The van der Waals surface area contributed by atoms with Crippen molar-refractivity contribution < 1.29 is 22.3 Å². The lowest BCUT2D eigenvalue weighted by molar-refractivity contribution is -0.115. The maximum Gasteiger partial charge on any atom is 0.228 e. The molecule has 2 N–H and O–H groups in total. The topological polar surface area (TPSA) is 102 Å². The molecule has 1 aromatic heterocycles. The van der Waals surface area contributed by atoms with Crippen molar-refractivity contribution in [2.75, 3.05) is 11.1 Å². The van der Waals surface area contributed by atoms with Crippen LogP contribution in [0.2, 0.25) is 0 Å². The van der Waals surface area contributed by atoms with Crippen LogP contribution in [0.5, 0.6) is 5.75 Å². The lowest BCUT2D eigenvalue weighted by Gasteiger charge is -2.25. The number of nitrogens with zero attached hydrogens (tertiary/aromatic N) is 2. The number of hydrogen-bond acceptors (Lipinski definition) is 6. The van der Waals surface area contributed by atoms with Crippen molar-refractivity contribution in [3.8, 4) is 5.75 Å². The van der Waals surface area contributed by atoms with Crippen molar-refractivity contribution in [2.45, 2.75) is 45.7 Å². The molecule has 0 bridgehead atoms. The van der Waals surface area contributed by atoms with Gasteiger partial charge >= 0.3 is 0 Å². The van der Waals surface area contributed by atoms with Crippen molar-refractivity contribution in [2.24, 2.45) is 0 Å². The summed E-state index contributed by atoms with van der Waals surface area (Å²) in [5.41, 5.74) is 1.42. The third kappa shape index (κ3) is 5.59. The SMILES string of the molecule is CCS(=O)(=O)C1=CC2=C(Oc3ccc(CC(=O)Nc4cnn(C(C)(C)C)c4)cc3F)C=CNC2C=C1. The van der Waals surface area contributed by atoms with Crippen molar-refractivity contribution in [3.05, 3.63) is 88.7 Å². The fraction of sp³-hybridized carbons (Fsp3) is 0.308. The highest BCUT2D eigenvalue weighted by molar-refractivity contribution is 7.95. The van der Waals surface area contributed by atoms with Gasteiger partial charge in [0.1, 0.15) is 5.76 Å². The van der Waals surface area contributed by atoms with Crippen LogP contribution in [0.3, 0.4) is 0 Å². The van der Waals surface area contributed by atoms with Gasteiger partial charge in [0.05, 0.1) is 40.5 Å². The van der Waals surface area contributed by atoms with E-state index >= 15 is 0 Å². The van der Waals surface area contributed by atoms with Crippen LogP contribution in [-0.2, 0) is 26.6 Å². The molecule has 8 nitrogen and oxygen atoms in total. The summed E-state index contributed by atoms with van der Waals surface area (Å²) in [6.07, 6.45) is 11.4. The van der Waals surface area contributed by atoms with Gasteiger partial charge in [-0.1, -0.05) is 19.1 Å². The first-order valence-electron chi connectivity index (χ1n) is 11.6. The van der Waals surface area contributed by atoms with Gasteiger partial charge in [0.25, 0.3) is 0 Å². The largest absolute Gasteiger partial charge is 0.454 e. The number of carbonyl (C=O) groups is 1. The first-order valence-corrected chi connectivity index (χ1v) is 13.2. The zero-order valence-corrected chi connectivity index (χ0v) is 21.4. The molecule has 1 aliphatic carbocycles. The van der Waals surface area contributed by atoms with E-state index < -0.39 is 15.7 Å². The zero-order valence-electron chi connectivity index (χ0n) is 20.6. The molecule has 0 saturated heterocycles. The van der Waals surface area contributed by atoms with E-state index in [2.05, 4.69) is 15.7 Å². The summed E-state index contributed by atoms with van der Waals surface area (Å²) in [4.78, 5) is 12.6. The van der Waals surface area contributed by atoms with Crippen LogP contribution in [0.4, 0.5) is 10.1 Å². The lowest BCUT2D eigenvalue weighted by atomic mass is 9.98. The molecule has 2 aromatic rings. The van der Waals surface area contributed by atoms with E-state index in [9.17, 15) is 17.6 Å². The van der Waals surface area contributed by atoms with Gasteiger partial charge in [-0.3, -0.25) is 9.48 Å². The standard InChI is InChI=1S/C26H29FN4O4S/c1-5-36(33,34)19-7-8-22-20(14-19)23(10-11-28-22)35-24-9-6-17(12-21(24)27)13-25(32)30-18-15-29-31(16-18)26(2,3)4/h6-12,14-16,22,28H,5,13H2,1-4H3,(H,30,32). The Bertz CT molecular complexity index is 1410. The van der Waals surface area contributed by atoms with E-state index in [1.165, 1.54) is 12.1 Å². The number of benzene rings is 1. The molecule has 0 saturated carbocycles. The van der Waals surface area contributed by atoms with Crippen LogP contribution < -0.4 is 15.4 Å². The number of aromatic nitrogens is 2. The summed E-state index contributed by atoms with van der Waals surface area (Å²) in [6.45, 7) is 7.59. The normalized spacial score (nSPS) is 17.4. The van der Waals surface area contributed by atoms with E-state index in [0.717, 1.165) is 0 Å². The second-order valence-electron chi connectivity index (χ2n) is 9.54. The minimum atomic E-state index is -3.41. The zero-order chi connectivity index (χ0) is 26.1. The summed E-state index contributed by atoms with van der Waals surface area (Å²) in [6, 6.07) is 4.05. The molecule has 0 fully saturated rings. The molecule has 190 valence electrons. The Morgan fingerprint density at radius 3 is 2.72 bits per heavy atom. The number of fused-ring (bicyclic) bond motifs is 1. The molecule has 2 aliphatic rings. The van der Waals surface area contributed by atoms with E-state index in [0.29, 0.717) is 22.6 Å². The average Bonchev–Trinajstić information content (AvgIpc) is 3.29. The van der Waals surface area contributed by atoms with Gasteiger partial charge in [0.2, 0.25) is 5.91 Å².